The Morgan fingerprint density at radius 2 is 2.14 bits per heavy atom. The first-order chi connectivity index (χ1) is 9.92. The number of hydrogen-bond donors (Lipinski definition) is 0. The zero-order valence-corrected chi connectivity index (χ0v) is 13.0. The number of carbonyl (C=O) groups is 1. The van der Waals surface area contributed by atoms with Gasteiger partial charge in [0.25, 0.3) is 0 Å². The molecule has 2 fully saturated rings. The van der Waals surface area contributed by atoms with Crippen LogP contribution in [0.15, 0.2) is 4.52 Å². The van der Waals surface area contributed by atoms with Gasteiger partial charge in [-0.25, -0.2) is 0 Å². The number of carbonyl (C=O) groups excluding carboxylic acids is 1. The smallest absolute Gasteiger partial charge is 0.323 e. The lowest BCUT2D eigenvalue weighted by molar-refractivity contribution is -0.160. The van der Waals surface area contributed by atoms with E-state index in [9.17, 15) is 4.79 Å². The van der Waals surface area contributed by atoms with Crippen LogP contribution < -0.4 is 0 Å². The van der Waals surface area contributed by atoms with Crippen LogP contribution in [0, 0.1) is 0 Å². The van der Waals surface area contributed by atoms with Crippen molar-refractivity contribution in [2.45, 2.75) is 70.6 Å². The van der Waals surface area contributed by atoms with Gasteiger partial charge in [-0.05, 0) is 53.0 Å². The second kappa shape index (κ2) is 5.40. The third-order valence-electron chi connectivity index (χ3n) is 3.80. The molecule has 21 heavy (non-hydrogen) atoms. The van der Waals surface area contributed by atoms with Gasteiger partial charge in [0.05, 0.1) is 6.54 Å². The Bertz CT molecular complexity index is 516. The average Bonchev–Trinajstić information content (AvgIpc) is 2.95. The molecule has 0 aromatic carbocycles. The summed E-state index contributed by atoms with van der Waals surface area (Å²) in [4.78, 5) is 18.8. The summed E-state index contributed by atoms with van der Waals surface area (Å²) >= 11 is 0. The molecule has 1 saturated heterocycles. The monoisotopic (exact) mass is 293 g/mol. The summed E-state index contributed by atoms with van der Waals surface area (Å²) in [6.07, 6.45) is 4.12. The molecule has 0 N–H and O–H groups in total. The van der Waals surface area contributed by atoms with Crippen molar-refractivity contribution >= 4 is 5.97 Å². The first-order valence-corrected chi connectivity index (χ1v) is 7.72. The summed E-state index contributed by atoms with van der Waals surface area (Å²) in [5, 5.41) is 4.03. The van der Waals surface area contributed by atoms with Gasteiger partial charge >= 0.3 is 5.97 Å². The fourth-order valence-electron chi connectivity index (χ4n) is 2.66. The zero-order chi connectivity index (χ0) is 15.0. The maximum Gasteiger partial charge on any atom is 0.323 e. The molecule has 0 amide bonds. The molecule has 6 heteroatoms. The predicted molar refractivity (Wildman–Crippen MR) is 75.6 cm³/mol. The largest absolute Gasteiger partial charge is 0.459 e. The van der Waals surface area contributed by atoms with E-state index in [1.165, 1.54) is 0 Å². The Morgan fingerprint density at radius 1 is 1.38 bits per heavy atom. The molecule has 1 atom stereocenters. The van der Waals surface area contributed by atoms with Gasteiger partial charge in [-0.15, -0.1) is 0 Å². The quantitative estimate of drug-likeness (QED) is 0.793. The Morgan fingerprint density at radius 3 is 2.81 bits per heavy atom. The van der Waals surface area contributed by atoms with E-state index < -0.39 is 5.60 Å². The highest BCUT2D eigenvalue weighted by Gasteiger charge is 2.35. The SMILES string of the molecule is CC(C)(C)OC(=O)[C@H]1CCCN1Cc1noc(C2CC2)n1. The number of aromatic nitrogens is 2. The minimum absolute atomic E-state index is 0.147. The van der Waals surface area contributed by atoms with Crippen LogP contribution in [-0.2, 0) is 16.1 Å². The van der Waals surface area contributed by atoms with E-state index in [0.717, 1.165) is 38.1 Å². The molecular weight excluding hydrogens is 270 g/mol. The van der Waals surface area contributed by atoms with Crippen LogP contribution in [0.4, 0.5) is 0 Å². The Labute approximate surface area is 124 Å². The van der Waals surface area contributed by atoms with Crippen molar-refractivity contribution in [3.63, 3.8) is 0 Å². The van der Waals surface area contributed by atoms with E-state index in [4.69, 9.17) is 9.26 Å². The normalized spacial score (nSPS) is 23.5. The van der Waals surface area contributed by atoms with Crippen molar-refractivity contribution in [1.82, 2.24) is 15.0 Å². The summed E-state index contributed by atoms with van der Waals surface area (Å²) in [6.45, 7) is 7.11. The molecule has 1 aromatic heterocycles. The van der Waals surface area contributed by atoms with E-state index in [1.807, 2.05) is 20.8 Å². The molecule has 6 nitrogen and oxygen atoms in total. The molecule has 0 spiro atoms. The van der Waals surface area contributed by atoms with E-state index in [0.29, 0.717) is 18.3 Å². The topological polar surface area (TPSA) is 68.5 Å². The van der Waals surface area contributed by atoms with Gasteiger partial charge in [-0.1, -0.05) is 5.16 Å². The minimum Gasteiger partial charge on any atom is -0.459 e. The van der Waals surface area contributed by atoms with Gasteiger partial charge in [0.15, 0.2) is 5.82 Å². The number of likely N-dealkylation sites (tertiary alicyclic amines) is 1. The first kappa shape index (κ1) is 14.5. The lowest BCUT2D eigenvalue weighted by Gasteiger charge is -2.26. The molecule has 1 aromatic rings. The predicted octanol–water partition coefficient (Wildman–Crippen LogP) is 2.25. The molecular formula is C15H23N3O3. The van der Waals surface area contributed by atoms with Crippen molar-refractivity contribution < 1.29 is 14.1 Å². The highest BCUT2D eigenvalue weighted by molar-refractivity contribution is 5.76. The summed E-state index contributed by atoms with van der Waals surface area (Å²) in [6, 6.07) is -0.188. The van der Waals surface area contributed by atoms with Crippen LogP contribution in [0.25, 0.3) is 0 Å². The summed E-state index contributed by atoms with van der Waals surface area (Å²) in [5.74, 6) is 1.74. The van der Waals surface area contributed by atoms with Crippen molar-refractivity contribution in [3.8, 4) is 0 Å². The number of nitrogens with zero attached hydrogens (tertiary/aromatic N) is 3. The number of rotatable bonds is 4. The highest BCUT2D eigenvalue weighted by Crippen LogP contribution is 2.39. The summed E-state index contributed by atoms with van der Waals surface area (Å²) < 4.78 is 10.8. The van der Waals surface area contributed by atoms with Gasteiger partial charge in [-0.2, -0.15) is 4.98 Å². The van der Waals surface area contributed by atoms with Crippen molar-refractivity contribution in [3.05, 3.63) is 11.7 Å². The average molecular weight is 293 g/mol. The molecule has 0 unspecified atom stereocenters. The molecule has 0 bridgehead atoms. The van der Waals surface area contributed by atoms with Crippen LogP contribution in [0.5, 0.6) is 0 Å². The fourth-order valence-corrected chi connectivity index (χ4v) is 2.66. The zero-order valence-electron chi connectivity index (χ0n) is 13.0. The van der Waals surface area contributed by atoms with E-state index in [-0.39, 0.29) is 12.0 Å². The first-order valence-electron chi connectivity index (χ1n) is 7.72. The molecule has 1 aliphatic heterocycles. The van der Waals surface area contributed by atoms with Crippen LogP contribution in [0.2, 0.25) is 0 Å². The van der Waals surface area contributed by atoms with Gasteiger partial charge in [-0.3, -0.25) is 9.69 Å². The Kier molecular flexibility index (Phi) is 3.73. The van der Waals surface area contributed by atoms with Crippen LogP contribution >= 0.6 is 0 Å². The molecule has 2 heterocycles. The number of ether oxygens (including phenoxy) is 1. The van der Waals surface area contributed by atoms with Crippen molar-refractivity contribution in [1.29, 1.82) is 0 Å². The molecule has 2 aliphatic rings. The third kappa shape index (κ3) is 3.61. The summed E-state index contributed by atoms with van der Waals surface area (Å²) in [7, 11) is 0. The molecule has 0 radical (unpaired) electrons. The number of esters is 1. The lowest BCUT2D eigenvalue weighted by Crippen LogP contribution is -2.40. The lowest BCUT2D eigenvalue weighted by atomic mass is 10.1. The third-order valence-corrected chi connectivity index (χ3v) is 3.80. The van der Waals surface area contributed by atoms with E-state index in [2.05, 4.69) is 15.0 Å². The van der Waals surface area contributed by atoms with Crippen molar-refractivity contribution in [2.24, 2.45) is 0 Å². The van der Waals surface area contributed by atoms with Crippen LogP contribution in [0.3, 0.4) is 0 Å². The van der Waals surface area contributed by atoms with Gasteiger partial charge in [0.1, 0.15) is 11.6 Å². The molecule has 1 saturated carbocycles. The number of hydrogen-bond acceptors (Lipinski definition) is 6. The van der Waals surface area contributed by atoms with Crippen molar-refractivity contribution in [2.75, 3.05) is 6.54 Å². The Hall–Kier alpha value is -1.43. The minimum atomic E-state index is -0.448. The van der Waals surface area contributed by atoms with Gasteiger partial charge < -0.3 is 9.26 Å². The molecule has 116 valence electrons. The highest BCUT2D eigenvalue weighted by atomic mass is 16.6. The summed E-state index contributed by atoms with van der Waals surface area (Å²) in [5.41, 5.74) is -0.448. The van der Waals surface area contributed by atoms with Crippen LogP contribution in [0.1, 0.15) is 64.1 Å². The molecule has 3 rings (SSSR count). The van der Waals surface area contributed by atoms with Gasteiger partial charge in [0, 0.05) is 5.92 Å². The fraction of sp³-hybridized carbons (Fsp3) is 0.800. The maximum atomic E-state index is 12.3. The van der Waals surface area contributed by atoms with Crippen LogP contribution in [-0.4, -0.2) is 39.2 Å². The second-order valence-corrected chi connectivity index (χ2v) is 6.99. The standard InChI is InChI=1S/C15H23N3O3/c1-15(2,3)20-14(19)11-5-4-8-18(11)9-12-16-13(21-17-12)10-6-7-10/h10-11H,4-9H2,1-3H3/t11-/m1/s1. The second-order valence-electron chi connectivity index (χ2n) is 6.99. The molecule has 1 aliphatic carbocycles. The Balaban J connectivity index is 1.61. The van der Waals surface area contributed by atoms with Gasteiger partial charge in [0.2, 0.25) is 5.89 Å². The van der Waals surface area contributed by atoms with E-state index >= 15 is 0 Å². The maximum absolute atomic E-state index is 12.3. The van der Waals surface area contributed by atoms with E-state index in [1.54, 1.807) is 0 Å².